The zero-order valence-electron chi connectivity index (χ0n) is 42.4. The molecule has 4 amide bonds. The summed E-state index contributed by atoms with van der Waals surface area (Å²) in [6.45, 7) is 9.84. The average molecular weight is 1040 g/mol. The van der Waals surface area contributed by atoms with Gasteiger partial charge in [-0.15, -0.1) is 12.8 Å². The van der Waals surface area contributed by atoms with Gasteiger partial charge in [0.15, 0.2) is 0 Å². The van der Waals surface area contributed by atoms with E-state index in [9.17, 15) is 24.0 Å². The molecule has 1 aromatic rings. The lowest BCUT2D eigenvalue weighted by Crippen LogP contribution is -2.42. The number of rotatable bonds is 54. The van der Waals surface area contributed by atoms with E-state index in [1.54, 1.807) is 24.3 Å². The van der Waals surface area contributed by atoms with Crippen LogP contribution in [0.2, 0.25) is 0 Å². The molecule has 0 aromatic heterocycles. The molecule has 1 rings (SSSR count). The van der Waals surface area contributed by atoms with Crippen LogP contribution in [0.15, 0.2) is 24.3 Å². The fourth-order valence-electron chi connectivity index (χ4n) is 5.47. The minimum absolute atomic E-state index is 0.0660. The molecule has 1 aromatic carbocycles. The molecule has 0 fully saturated rings. The summed E-state index contributed by atoms with van der Waals surface area (Å²) in [5.41, 5.74) is 0.959. The summed E-state index contributed by atoms with van der Waals surface area (Å²) in [5, 5.41) is 11.2. The number of carbonyl (C=O) groups excluding carboxylic acids is 5. The first-order chi connectivity index (χ1) is 35.9. The number of carbonyl (C=O) groups is 5. The first-order valence-corrected chi connectivity index (χ1v) is 24.5. The summed E-state index contributed by atoms with van der Waals surface area (Å²) in [6.07, 6.45) is 11.2. The van der Waals surface area contributed by atoms with Gasteiger partial charge in [0.2, 0.25) is 17.7 Å². The van der Waals surface area contributed by atoms with Crippen molar-refractivity contribution in [2.24, 2.45) is 0 Å². The lowest BCUT2D eigenvalue weighted by atomic mass is 10.1. The number of aldehydes is 1. The molecule has 0 atom stereocenters. The van der Waals surface area contributed by atoms with Crippen LogP contribution in [0.25, 0.3) is 0 Å². The summed E-state index contributed by atoms with van der Waals surface area (Å²) in [6, 6.07) is 5.78. The maximum Gasteiger partial charge on any atom is 0.251 e. The molecule has 4 N–H and O–H groups in total. The number of hydrogen-bond acceptors (Lipinski definition) is 19. The van der Waals surface area contributed by atoms with Crippen molar-refractivity contribution >= 4 is 29.9 Å². The Labute approximate surface area is 430 Å². The van der Waals surface area contributed by atoms with Crippen molar-refractivity contribution in [3.63, 3.8) is 0 Å². The molecular weight excluding hydrogens is 961 g/mol. The van der Waals surface area contributed by atoms with Crippen molar-refractivity contribution in [3.05, 3.63) is 35.4 Å². The lowest BCUT2D eigenvalue weighted by Gasteiger charge is -2.19. The lowest BCUT2D eigenvalue weighted by molar-refractivity contribution is -0.126. The van der Waals surface area contributed by atoms with Crippen molar-refractivity contribution in [3.8, 4) is 24.7 Å². The third kappa shape index (κ3) is 45.7. The van der Waals surface area contributed by atoms with E-state index in [0.717, 1.165) is 6.29 Å². The number of nitrogens with one attached hydrogen (secondary N) is 4. The van der Waals surface area contributed by atoms with Crippen molar-refractivity contribution in [2.75, 3.05) is 205 Å². The quantitative estimate of drug-likeness (QED) is 0.0368. The van der Waals surface area contributed by atoms with E-state index in [0.29, 0.717) is 163 Å². The van der Waals surface area contributed by atoms with Gasteiger partial charge in [0.05, 0.1) is 178 Å². The number of ether oxygens (including phenoxy) is 14. The number of benzene rings is 1. The molecule has 0 spiro atoms. The van der Waals surface area contributed by atoms with E-state index in [2.05, 4.69) is 33.1 Å². The van der Waals surface area contributed by atoms with Crippen molar-refractivity contribution in [1.29, 1.82) is 0 Å². The average Bonchev–Trinajstić information content (AvgIpc) is 3.39. The number of terminal acetylenes is 2. The van der Waals surface area contributed by atoms with Crippen LogP contribution >= 0.6 is 0 Å². The largest absolute Gasteiger partial charge is 0.379 e. The molecule has 0 bridgehead atoms. The van der Waals surface area contributed by atoms with Crippen molar-refractivity contribution in [2.45, 2.75) is 25.3 Å². The first-order valence-electron chi connectivity index (χ1n) is 24.5. The molecule has 23 nitrogen and oxygen atoms in total. The van der Waals surface area contributed by atoms with Gasteiger partial charge < -0.3 is 87.6 Å². The monoisotopic (exact) mass is 1040 g/mol. The second kappa shape index (κ2) is 52.2. The van der Waals surface area contributed by atoms with Crippen LogP contribution in [0.1, 0.15) is 40.0 Å². The van der Waals surface area contributed by atoms with Gasteiger partial charge in [-0.1, -0.05) is 24.0 Å². The van der Waals surface area contributed by atoms with Crippen molar-refractivity contribution in [1.82, 2.24) is 21.3 Å². The molecule has 0 radical (unpaired) electrons. The highest BCUT2D eigenvalue weighted by atomic mass is 16.6. The highest BCUT2D eigenvalue weighted by molar-refractivity contribution is 5.94. The predicted molar refractivity (Wildman–Crippen MR) is 265 cm³/mol. The molecule has 23 heteroatoms. The predicted octanol–water partition coefficient (Wildman–Crippen LogP) is -0.385. The van der Waals surface area contributed by atoms with Gasteiger partial charge in [0.25, 0.3) is 5.91 Å². The topological polar surface area (TPSA) is 263 Å². The van der Waals surface area contributed by atoms with Crippen molar-refractivity contribution < 1.29 is 90.3 Å². The summed E-state index contributed by atoms with van der Waals surface area (Å²) < 4.78 is 76.3. The Morgan fingerprint density at radius 1 is 0.411 bits per heavy atom. The van der Waals surface area contributed by atoms with E-state index in [-0.39, 0.29) is 95.7 Å². The van der Waals surface area contributed by atoms with E-state index in [4.69, 9.17) is 79.2 Å². The Balaban J connectivity index is 2.23. The van der Waals surface area contributed by atoms with Crippen LogP contribution in [-0.4, -0.2) is 241 Å². The Hall–Kier alpha value is -4.67. The fourth-order valence-corrected chi connectivity index (χ4v) is 5.47. The molecule has 73 heavy (non-hydrogen) atoms. The third-order valence-electron chi connectivity index (χ3n) is 9.12. The second-order valence-corrected chi connectivity index (χ2v) is 15.0. The molecular formula is C50H80N4O19. The van der Waals surface area contributed by atoms with Gasteiger partial charge in [0.1, 0.15) is 19.5 Å². The minimum Gasteiger partial charge on any atom is -0.379 e. The normalized spacial score (nSPS) is 11.0. The summed E-state index contributed by atoms with van der Waals surface area (Å²) in [5.74, 6) is 3.78. The van der Waals surface area contributed by atoms with Gasteiger partial charge in [-0.25, -0.2) is 0 Å². The smallest absolute Gasteiger partial charge is 0.251 e. The van der Waals surface area contributed by atoms with Crippen LogP contribution in [0.3, 0.4) is 0 Å². The van der Waals surface area contributed by atoms with E-state index < -0.39 is 6.04 Å². The molecule has 414 valence electrons. The zero-order valence-corrected chi connectivity index (χ0v) is 42.4. The van der Waals surface area contributed by atoms with E-state index in [1.807, 2.05) is 0 Å². The number of hydrogen-bond donors (Lipinski definition) is 4. The van der Waals surface area contributed by atoms with Crippen LogP contribution in [0.4, 0.5) is 0 Å². The van der Waals surface area contributed by atoms with Gasteiger partial charge in [0, 0.05) is 50.0 Å². The third-order valence-corrected chi connectivity index (χ3v) is 9.12. The van der Waals surface area contributed by atoms with Crippen LogP contribution < -0.4 is 21.3 Å². The Bertz CT molecular complexity index is 1540. The summed E-state index contributed by atoms with van der Waals surface area (Å²) in [4.78, 5) is 60.4. The second-order valence-electron chi connectivity index (χ2n) is 15.0. The van der Waals surface area contributed by atoms with Gasteiger partial charge in [-0.3, -0.25) is 24.0 Å². The molecule has 0 aliphatic heterocycles. The molecule has 0 heterocycles. The fraction of sp³-hybridized carbons (Fsp3) is 0.700. The maximum atomic E-state index is 12.8. The maximum absolute atomic E-state index is 12.8. The van der Waals surface area contributed by atoms with Gasteiger partial charge >= 0.3 is 0 Å². The first kappa shape index (κ1) is 66.3. The summed E-state index contributed by atoms with van der Waals surface area (Å²) >= 11 is 0. The van der Waals surface area contributed by atoms with E-state index in [1.165, 1.54) is 0 Å². The standard InChI is InChI=1S/C50H80N4O19/c1-3-15-60-23-29-66-35-38-69-32-26-63-20-12-51-47(56)9-18-72-42-46(43-73-19-10-48(57)52-13-21-64-27-33-70-39-36-67-30-24-61-16-4-2)54-49(58)11-17-62-25-31-68-37-40-71-34-28-65-22-14-53-50(59)45-7-5-44(41-55)6-8-45/h1-2,5-8,41,46H,9-40,42-43H2,(H,51,56)(H,52,57)(H,53,59)(H,54,58). The Morgan fingerprint density at radius 2 is 0.726 bits per heavy atom. The number of amides is 4. The Kier molecular flexibility index (Phi) is 47.4. The molecule has 0 aliphatic carbocycles. The minimum atomic E-state index is -0.558. The Morgan fingerprint density at radius 3 is 1.10 bits per heavy atom. The highest BCUT2D eigenvalue weighted by Gasteiger charge is 2.15. The molecule has 0 saturated carbocycles. The van der Waals surface area contributed by atoms with Crippen LogP contribution in [0, 0.1) is 24.7 Å². The molecule has 0 aliphatic rings. The highest BCUT2D eigenvalue weighted by Crippen LogP contribution is 2.02. The SMILES string of the molecule is C#CCOCCOCCOCCOCCNC(=O)CCOCC(COCCC(=O)NCCOCCOCCOCCOCC#C)NC(=O)CCOCCOCCOCCOCCNC(=O)c1ccc(C=O)cc1. The summed E-state index contributed by atoms with van der Waals surface area (Å²) in [7, 11) is 0. The van der Waals surface area contributed by atoms with Crippen LogP contribution in [-0.2, 0) is 80.7 Å². The van der Waals surface area contributed by atoms with Gasteiger partial charge in [-0.05, 0) is 12.1 Å². The zero-order chi connectivity index (χ0) is 52.8. The van der Waals surface area contributed by atoms with E-state index >= 15 is 0 Å². The molecule has 0 saturated heterocycles. The van der Waals surface area contributed by atoms with Crippen LogP contribution in [0.5, 0.6) is 0 Å². The van der Waals surface area contributed by atoms with Gasteiger partial charge in [-0.2, -0.15) is 0 Å². The molecule has 0 unspecified atom stereocenters.